The summed E-state index contributed by atoms with van der Waals surface area (Å²) in [6.45, 7) is 4.43. The van der Waals surface area contributed by atoms with E-state index in [1.807, 2.05) is 31.2 Å². The molecule has 1 aliphatic rings. The predicted molar refractivity (Wildman–Crippen MR) is 134 cm³/mol. The van der Waals surface area contributed by atoms with Gasteiger partial charge in [-0.25, -0.2) is 9.59 Å². The first-order valence-corrected chi connectivity index (χ1v) is 13.0. The fourth-order valence-corrected chi connectivity index (χ4v) is 4.48. The van der Waals surface area contributed by atoms with Crippen LogP contribution in [0, 0.1) is 5.92 Å². The van der Waals surface area contributed by atoms with Crippen LogP contribution in [0.15, 0.2) is 57.5 Å². The van der Waals surface area contributed by atoms with E-state index in [1.165, 1.54) is 0 Å². The topological polar surface area (TPSA) is 61.8 Å². The molecule has 33 heavy (non-hydrogen) atoms. The Morgan fingerprint density at radius 2 is 1.55 bits per heavy atom. The summed E-state index contributed by atoms with van der Waals surface area (Å²) < 4.78 is 19.4. The molecule has 0 N–H and O–H groups in total. The smallest absolute Gasteiger partial charge is 0.338 e. The fraction of sp³-hybridized carbons (Fsp3) is 0.462. The highest BCUT2D eigenvalue weighted by Gasteiger charge is 2.32. The van der Waals surface area contributed by atoms with Crippen LogP contribution in [0.25, 0.3) is 0 Å². The predicted octanol–water partition coefficient (Wildman–Crippen LogP) is 6.97. The molecule has 4 atom stereocenters. The summed E-state index contributed by atoms with van der Waals surface area (Å²) in [4.78, 5) is 24.8. The van der Waals surface area contributed by atoms with Crippen LogP contribution in [0.3, 0.4) is 0 Å². The number of ether oxygens (including phenoxy) is 3. The largest absolute Gasteiger partial charge is 0.462 e. The maximum absolute atomic E-state index is 12.5. The number of carbonyl (C=O) groups excluding carboxylic acids is 2. The Morgan fingerprint density at radius 1 is 0.970 bits per heavy atom. The second kappa shape index (κ2) is 12.7. The number of hydrogen-bond acceptors (Lipinski definition) is 5. The molecule has 0 radical (unpaired) electrons. The average Bonchev–Trinajstić information content (AvgIpc) is 3.27. The lowest BCUT2D eigenvalue weighted by molar-refractivity contribution is -0.0321. The Kier molecular flexibility index (Phi) is 9.95. The van der Waals surface area contributed by atoms with Crippen molar-refractivity contribution in [3.05, 3.63) is 68.6 Å². The van der Waals surface area contributed by atoms with E-state index in [0.29, 0.717) is 24.2 Å². The molecule has 1 aliphatic heterocycles. The van der Waals surface area contributed by atoms with Crippen LogP contribution < -0.4 is 0 Å². The summed E-state index contributed by atoms with van der Waals surface area (Å²) in [6.07, 6.45) is 4.10. The first-order chi connectivity index (χ1) is 15.9. The summed E-state index contributed by atoms with van der Waals surface area (Å²) in [6, 6.07) is 14.3. The minimum atomic E-state index is -0.327. The number of rotatable bonds is 10. The average molecular weight is 582 g/mol. The molecular weight excluding hydrogens is 552 g/mol. The molecule has 5 nitrogen and oxygen atoms in total. The molecule has 2 aromatic rings. The standard InChI is InChI=1S/C26H30Br2O5/c1-3-4-22(33-26(30)19-7-11-21(28)12-8-19)15-23-13-14-24(32-23)17(2)16-31-25(29)18-5-9-20(27)10-6-18/h5-12,17,22-24H,3-4,13-16H2,1-2H3/t17-,22+,23+,24-/m1/s1. The van der Waals surface area contributed by atoms with Crippen LogP contribution in [0.4, 0.5) is 0 Å². The molecule has 0 saturated carbocycles. The number of halogens is 2. The minimum absolute atomic E-state index is 0.0252. The van der Waals surface area contributed by atoms with Gasteiger partial charge in [-0.2, -0.15) is 0 Å². The van der Waals surface area contributed by atoms with Gasteiger partial charge in [-0.1, -0.05) is 52.1 Å². The lowest BCUT2D eigenvalue weighted by atomic mass is 10.0. The van der Waals surface area contributed by atoms with E-state index in [-0.39, 0.29) is 36.2 Å². The van der Waals surface area contributed by atoms with Crippen LogP contribution in [0.2, 0.25) is 0 Å². The van der Waals surface area contributed by atoms with Crippen LogP contribution >= 0.6 is 31.9 Å². The number of esters is 2. The van der Waals surface area contributed by atoms with Crippen LogP contribution in [0.5, 0.6) is 0 Å². The van der Waals surface area contributed by atoms with Gasteiger partial charge in [0.2, 0.25) is 0 Å². The van der Waals surface area contributed by atoms with Gasteiger partial charge in [0.05, 0.1) is 29.9 Å². The van der Waals surface area contributed by atoms with E-state index in [4.69, 9.17) is 14.2 Å². The molecular formula is C26H30Br2O5. The first kappa shape index (κ1) is 25.9. The number of hydrogen-bond donors (Lipinski definition) is 0. The summed E-state index contributed by atoms with van der Waals surface area (Å²) in [5.74, 6) is -0.542. The minimum Gasteiger partial charge on any atom is -0.462 e. The van der Waals surface area contributed by atoms with Crippen molar-refractivity contribution < 1.29 is 23.8 Å². The second-order valence-electron chi connectivity index (χ2n) is 8.52. The van der Waals surface area contributed by atoms with Gasteiger partial charge < -0.3 is 14.2 Å². The highest BCUT2D eigenvalue weighted by molar-refractivity contribution is 9.10. The molecule has 0 spiro atoms. The molecule has 7 heteroatoms. The van der Waals surface area contributed by atoms with Crippen molar-refractivity contribution in [1.29, 1.82) is 0 Å². The lowest BCUT2D eigenvalue weighted by Gasteiger charge is -2.23. The molecule has 1 heterocycles. The van der Waals surface area contributed by atoms with Gasteiger partial charge in [0, 0.05) is 21.3 Å². The lowest BCUT2D eigenvalue weighted by Crippen LogP contribution is -2.27. The third-order valence-corrected chi connectivity index (χ3v) is 6.88. The Balaban J connectivity index is 1.46. The van der Waals surface area contributed by atoms with Crippen molar-refractivity contribution in [1.82, 2.24) is 0 Å². The number of benzene rings is 2. The normalized spacial score (nSPS) is 19.6. The molecule has 1 saturated heterocycles. The highest BCUT2D eigenvalue weighted by atomic mass is 79.9. The molecule has 0 aliphatic carbocycles. The zero-order valence-electron chi connectivity index (χ0n) is 19.0. The van der Waals surface area contributed by atoms with Crippen LogP contribution in [-0.2, 0) is 14.2 Å². The quantitative estimate of drug-likeness (QED) is 0.284. The van der Waals surface area contributed by atoms with Gasteiger partial charge in [-0.3, -0.25) is 0 Å². The second-order valence-corrected chi connectivity index (χ2v) is 10.3. The van der Waals surface area contributed by atoms with Gasteiger partial charge in [0.15, 0.2) is 0 Å². The molecule has 0 aromatic heterocycles. The molecule has 0 amide bonds. The molecule has 0 unspecified atom stereocenters. The van der Waals surface area contributed by atoms with E-state index in [0.717, 1.165) is 34.6 Å². The van der Waals surface area contributed by atoms with E-state index in [9.17, 15) is 9.59 Å². The van der Waals surface area contributed by atoms with Crippen molar-refractivity contribution in [2.24, 2.45) is 5.92 Å². The van der Waals surface area contributed by atoms with E-state index >= 15 is 0 Å². The third kappa shape index (κ3) is 7.94. The zero-order valence-corrected chi connectivity index (χ0v) is 22.1. The van der Waals surface area contributed by atoms with Crippen LogP contribution in [-0.4, -0.2) is 36.9 Å². The fourth-order valence-electron chi connectivity index (χ4n) is 3.95. The van der Waals surface area contributed by atoms with Gasteiger partial charge in [-0.15, -0.1) is 0 Å². The first-order valence-electron chi connectivity index (χ1n) is 11.4. The SMILES string of the molecule is CCC[C@@H](C[C@@H]1CC[C@H]([C@H](C)COC(=O)c2ccc(Br)cc2)O1)OC(=O)c1ccc(Br)cc1. The Labute approximate surface area is 212 Å². The van der Waals surface area contributed by atoms with Gasteiger partial charge in [-0.05, 0) is 67.8 Å². The summed E-state index contributed by atoms with van der Waals surface area (Å²) in [7, 11) is 0. The Morgan fingerprint density at radius 3 is 2.12 bits per heavy atom. The third-order valence-electron chi connectivity index (χ3n) is 5.82. The van der Waals surface area contributed by atoms with Crippen molar-refractivity contribution in [2.45, 2.75) is 64.3 Å². The Bertz CT molecular complexity index is 913. The molecule has 178 valence electrons. The molecule has 1 fully saturated rings. The zero-order chi connectivity index (χ0) is 23.8. The van der Waals surface area contributed by atoms with Crippen molar-refractivity contribution in [3.63, 3.8) is 0 Å². The van der Waals surface area contributed by atoms with Crippen molar-refractivity contribution in [3.8, 4) is 0 Å². The van der Waals surface area contributed by atoms with Gasteiger partial charge >= 0.3 is 11.9 Å². The number of carbonyl (C=O) groups is 2. The van der Waals surface area contributed by atoms with Gasteiger partial charge in [0.1, 0.15) is 6.10 Å². The molecule has 2 aromatic carbocycles. The summed E-state index contributed by atoms with van der Waals surface area (Å²) in [5.41, 5.74) is 1.08. The maximum atomic E-state index is 12.5. The van der Waals surface area contributed by atoms with E-state index in [2.05, 4.69) is 38.8 Å². The Hall–Kier alpha value is -1.70. The maximum Gasteiger partial charge on any atom is 0.338 e. The molecule has 3 rings (SSSR count). The van der Waals surface area contributed by atoms with Crippen molar-refractivity contribution >= 4 is 43.8 Å². The van der Waals surface area contributed by atoms with Crippen LogP contribution in [0.1, 0.15) is 66.7 Å². The summed E-state index contributed by atoms with van der Waals surface area (Å²) >= 11 is 6.74. The summed E-state index contributed by atoms with van der Waals surface area (Å²) in [5, 5.41) is 0. The van der Waals surface area contributed by atoms with E-state index in [1.54, 1.807) is 24.3 Å². The van der Waals surface area contributed by atoms with Gasteiger partial charge in [0.25, 0.3) is 0 Å². The monoisotopic (exact) mass is 580 g/mol. The van der Waals surface area contributed by atoms with Crippen molar-refractivity contribution in [2.75, 3.05) is 6.61 Å². The van der Waals surface area contributed by atoms with E-state index < -0.39 is 0 Å². The highest BCUT2D eigenvalue weighted by Crippen LogP contribution is 2.30. The molecule has 0 bridgehead atoms.